The number of carbonyl (C=O) groups excluding carboxylic acids is 1. The van der Waals surface area contributed by atoms with Gasteiger partial charge in [0.05, 0.1) is 5.69 Å². The van der Waals surface area contributed by atoms with Gasteiger partial charge in [-0.05, 0) is 36.1 Å². The summed E-state index contributed by atoms with van der Waals surface area (Å²) >= 11 is 0. The van der Waals surface area contributed by atoms with Crippen molar-refractivity contribution < 1.29 is 4.79 Å². The highest BCUT2D eigenvalue weighted by molar-refractivity contribution is 6.07. The van der Waals surface area contributed by atoms with Crippen LogP contribution in [-0.4, -0.2) is 32.0 Å². The van der Waals surface area contributed by atoms with E-state index in [2.05, 4.69) is 35.4 Å². The first-order chi connectivity index (χ1) is 14.6. The maximum Gasteiger partial charge on any atom is 0.277 e. The van der Waals surface area contributed by atoms with E-state index in [4.69, 9.17) is 5.10 Å². The number of aryl methyl sites for hydroxylation is 3. The number of amides is 1. The molecule has 0 atom stereocenters. The van der Waals surface area contributed by atoms with Crippen LogP contribution < -0.4 is 4.90 Å². The monoisotopic (exact) mass is 397 g/mol. The molecule has 0 aliphatic carbocycles. The van der Waals surface area contributed by atoms with Crippen molar-refractivity contribution in [1.82, 2.24) is 19.6 Å². The number of hydrogen-bond donors (Lipinski definition) is 0. The summed E-state index contributed by atoms with van der Waals surface area (Å²) in [6.45, 7) is 3.49. The number of fused-ring (bicyclic) bond motifs is 1. The molecule has 30 heavy (non-hydrogen) atoms. The first-order valence-electron chi connectivity index (χ1n) is 10.2. The molecule has 0 bridgehead atoms. The van der Waals surface area contributed by atoms with E-state index >= 15 is 0 Å². The molecule has 1 amide bonds. The first-order valence-corrected chi connectivity index (χ1v) is 10.2. The Morgan fingerprint density at radius 1 is 0.933 bits per heavy atom. The minimum atomic E-state index is -0.0470. The molecule has 4 aromatic rings. The Balaban J connectivity index is 1.69. The maximum atomic E-state index is 13.4. The Kier molecular flexibility index (Phi) is 4.47. The quantitative estimate of drug-likeness (QED) is 0.518. The molecule has 0 fully saturated rings. The smallest absolute Gasteiger partial charge is 0.277 e. The molecule has 0 radical (unpaired) electrons. The van der Waals surface area contributed by atoms with Crippen molar-refractivity contribution in [3.8, 4) is 22.3 Å². The van der Waals surface area contributed by atoms with Crippen molar-refractivity contribution >= 4 is 11.7 Å². The Hall–Kier alpha value is -3.67. The lowest BCUT2D eigenvalue weighted by Gasteiger charge is -2.29. The van der Waals surface area contributed by atoms with Gasteiger partial charge >= 0.3 is 0 Å². The summed E-state index contributed by atoms with van der Waals surface area (Å²) in [5.74, 6) is 0.822. The fourth-order valence-electron chi connectivity index (χ4n) is 4.29. The molecule has 0 spiro atoms. The normalized spacial score (nSPS) is 13.3. The minimum Gasteiger partial charge on any atom is -0.291 e. The Morgan fingerprint density at radius 3 is 2.40 bits per heavy atom. The van der Waals surface area contributed by atoms with Crippen LogP contribution in [0.15, 0.2) is 66.9 Å². The third-order valence-electron chi connectivity index (χ3n) is 5.67. The zero-order valence-corrected chi connectivity index (χ0v) is 17.1. The van der Waals surface area contributed by atoms with Crippen LogP contribution >= 0.6 is 0 Å². The average Bonchev–Trinajstić information content (AvgIpc) is 3.35. The maximum absolute atomic E-state index is 13.4. The topological polar surface area (TPSA) is 56.0 Å². The van der Waals surface area contributed by atoms with E-state index < -0.39 is 0 Å². The lowest BCUT2D eigenvalue weighted by Crippen LogP contribution is -2.38. The third-order valence-corrected chi connectivity index (χ3v) is 5.67. The second-order valence-electron chi connectivity index (χ2n) is 7.57. The van der Waals surface area contributed by atoms with E-state index in [1.165, 1.54) is 0 Å². The van der Waals surface area contributed by atoms with Crippen LogP contribution in [0.2, 0.25) is 0 Å². The van der Waals surface area contributed by atoms with Crippen molar-refractivity contribution in [1.29, 1.82) is 0 Å². The van der Waals surface area contributed by atoms with Crippen LogP contribution in [0.1, 0.15) is 22.6 Å². The molecule has 1 aliphatic heterocycles. The summed E-state index contributed by atoms with van der Waals surface area (Å²) in [7, 11) is 1.80. The molecule has 0 saturated heterocycles. The molecule has 0 unspecified atom stereocenters. The van der Waals surface area contributed by atoms with Crippen LogP contribution in [0.25, 0.3) is 22.3 Å². The van der Waals surface area contributed by atoms with Gasteiger partial charge < -0.3 is 0 Å². The standard InChI is InChI=1S/C24H23N5O/c1-17-22(20-12-7-6-11-19(20)18-9-4-3-5-10-18)23-28(15-8-16-29(23)26-17)24(30)21-13-14-25-27(21)2/h3-7,9-14H,8,15-16H2,1-2H3. The van der Waals surface area contributed by atoms with Crippen molar-refractivity contribution in [2.24, 2.45) is 7.05 Å². The Bertz CT molecular complexity index is 1220. The van der Waals surface area contributed by atoms with E-state index in [9.17, 15) is 4.79 Å². The van der Waals surface area contributed by atoms with E-state index in [0.717, 1.165) is 46.7 Å². The van der Waals surface area contributed by atoms with Gasteiger partial charge in [-0.2, -0.15) is 10.2 Å². The summed E-state index contributed by atoms with van der Waals surface area (Å²) < 4.78 is 3.60. The zero-order valence-electron chi connectivity index (χ0n) is 17.1. The lowest BCUT2D eigenvalue weighted by atomic mass is 9.94. The molecule has 2 aromatic carbocycles. The molecule has 0 saturated carbocycles. The van der Waals surface area contributed by atoms with Crippen molar-refractivity contribution in [3.63, 3.8) is 0 Å². The second kappa shape index (κ2) is 7.30. The number of hydrogen-bond acceptors (Lipinski definition) is 3. The highest BCUT2D eigenvalue weighted by Crippen LogP contribution is 2.41. The molecule has 6 heteroatoms. The number of carbonyl (C=O) groups is 1. The van der Waals surface area contributed by atoms with Crippen LogP contribution in [0.3, 0.4) is 0 Å². The van der Waals surface area contributed by atoms with Gasteiger partial charge in [0.2, 0.25) is 0 Å². The van der Waals surface area contributed by atoms with E-state index in [-0.39, 0.29) is 5.91 Å². The summed E-state index contributed by atoms with van der Waals surface area (Å²) in [4.78, 5) is 15.3. The highest BCUT2D eigenvalue weighted by Gasteiger charge is 2.31. The first kappa shape index (κ1) is 18.4. The predicted octanol–water partition coefficient (Wildman–Crippen LogP) is 4.31. The average molecular weight is 397 g/mol. The number of aromatic nitrogens is 4. The van der Waals surface area contributed by atoms with Crippen LogP contribution in [0.5, 0.6) is 0 Å². The Labute approximate surface area is 175 Å². The number of anilines is 1. The molecule has 5 rings (SSSR count). The van der Waals surface area contributed by atoms with Gasteiger partial charge in [-0.3, -0.25) is 14.4 Å². The molecule has 0 N–H and O–H groups in total. The summed E-state index contributed by atoms with van der Waals surface area (Å²) in [5, 5.41) is 8.97. The molecule has 150 valence electrons. The zero-order chi connectivity index (χ0) is 20.7. The summed E-state index contributed by atoms with van der Waals surface area (Å²) in [5.41, 5.74) is 5.89. The van der Waals surface area contributed by atoms with Gasteiger partial charge in [0, 0.05) is 31.9 Å². The van der Waals surface area contributed by atoms with Gasteiger partial charge in [-0.15, -0.1) is 0 Å². The van der Waals surface area contributed by atoms with Gasteiger partial charge in [0.15, 0.2) is 0 Å². The number of benzene rings is 2. The molecular formula is C24H23N5O. The second-order valence-corrected chi connectivity index (χ2v) is 7.57. The fourth-order valence-corrected chi connectivity index (χ4v) is 4.29. The van der Waals surface area contributed by atoms with Crippen molar-refractivity contribution in [2.75, 3.05) is 11.4 Å². The largest absolute Gasteiger partial charge is 0.291 e. The number of rotatable bonds is 3. The van der Waals surface area contributed by atoms with Crippen LogP contribution in [0.4, 0.5) is 5.82 Å². The molecule has 1 aliphatic rings. The van der Waals surface area contributed by atoms with Crippen LogP contribution in [0, 0.1) is 6.92 Å². The summed E-state index contributed by atoms with van der Waals surface area (Å²) in [6, 6.07) is 20.5. The molecule has 2 aromatic heterocycles. The molecular weight excluding hydrogens is 374 g/mol. The summed E-state index contributed by atoms with van der Waals surface area (Å²) in [6.07, 6.45) is 2.53. The SMILES string of the molecule is Cc1nn2c(c1-c1ccccc1-c1ccccc1)N(C(=O)c1ccnn1C)CCC2. The van der Waals surface area contributed by atoms with Gasteiger partial charge in [0.25, 0.3) is 5.91 Å². The van der Waals surface area contributed by atoms with Gasteiger partial charge in [-0.25, -0.2) is 4.68 Å². The van der Waals surface area contributed by atoms with Crippen LogP contribution in [-0.2, 0) is 13.6 Å². The van der Waals surface area contributed by atoms with E-state index in [0.29, 0.717) is 12.2 Å². The third kappa shape index (κ3) is 2.92. The minimum absolute atomic E-state index is 0.0470. The fraction of sp³-hybridized carbons (Fsp3) is 0.208. The molecule has 6 nitrogen and oxygen atoms in total. The van der Waals surface area contributed by atoms with E-state index in [1.807, 2.05) is 40.8 Å². The predicted molar refractivity (Wildman–Crippen MR) is 117 cm³/mol. The van der Waals surface area contributed by atoms with Crippen molar-refractivity contribution in [3.05, 3.63) is 78.2 Å². The van der Waals surface area contributed by atoms with Crippen molar-refractivity contribution in [2.45, 2.75) is 19.9 Å². The van der Waals surface area contributed by atoms with Gasteiger partial charge in [0.1, 0.15) is 11.5 Å². The number of nitrogens with zero attached hydrogens (tertiary/aromatic N) is 5. The Morgan fingerprint density at radius 2 is 1.67 bits per heavy atom. The molecule has 3 heterocycles. The van der Waals surface area contributed by atoms with Gasteiger partial charge in [-0.1, -0.05) is 54.6 Å². The highest BCUT2D eigenvalue weighted by atomic mass is 16.2. The van der Waals surface area contributed by atoms with E-state index in [1.54, 1.807) is 24.0 Å². The lowest BCUT2D eigenvalue weighted by molar-refractivity contribution is 0.0972.